The summed E-state index contributed by atoms with van der Waals surface area (Å²) >= 11 is 6.31. The van der Waals surface area contributed by atoms with Gasteiger partial charge in [-0.1, -0.05) is 28.1 Å². The maximum Gasteiger partial charge on any atom is 0.404 e. The molecule has 0 aliphatic carbocycles. The minimum Gasteiger partial charge on any atom is -0.358 e. The number of Topliss-reactive ketones (excluding diaryl/α,β-unsaturated/α-hetero) is 1. The second-order valence-electron chi connectivity index (χ2n) is 3.69. The zero-order chi connectivity index (χ0) is 14.0. The Morgan fingerprint density at radius 1 is 1.42 bits per heavy atom. The number of nitrogens with zero attached hydrogens (tertiary/aromatic N) is 3. The summed E-state index contributed by atoms with van der Waals surface area (Å²) in [6.45, 7) is -0.0527. The third-order valence-electron chi connectivity index (χ3n) is 2.32. The molecule has 2 aromatic rings. The molecule has 2 rings (SSSR count). The van der Waals surface area contributed by atoms with Crippen LogP contribution in [-0.2, 0) is 6.54 Å². The van der Waals surface area contributed by atoms with Gasteiger partial charge < -0.3 is 10.1 Å². The minimum atomic E-state index is -0.607. The molecule has 19 heavy (non-hydrogen) atoms. The molecule has 0 saturated carbocycles. The number of hydrogen-bond acceptors (Lipinski definition) is 4. The smallest absolute Gasteiger partial charge is 0.358 e. The van der Waals surface area contributed by atoms with Gasteiger partial charge in [0.25, 0.3) is 0 Å². The zero-order valence-electron chi connectivity index (χ0n) is 9.42. The van der Waals surface area contributed by atoms with E-state index in [1.807, 2.05) is 6.07 Å². The highest BCUT2D eigenvalue weighted by molar-refractivity contribution is 9.10. The van der Waals surface area contributed by atoms with Crippen molar-refractivity contribution in [1.82, 2.24) is 9.78 Å². The molecule has 0 fully saturated rings. The molecule has 0 spiro atoms. The quantitative estimate of drug-likeness (QED) is 0.457. The summed E-state index contributed by atoms with van der Waals surface area (Å²) < 4.78 is 2.29. The van der Waals surface area contributed by atoms with Gasteiger partial charge in [0, 0.05) is 10.0 Å². The first kappa shape index (κ1) is 13.9. The predicted molar refractivity (Wildman–Crippen MR) is 75.1 cm³/mol. The molecule has 1 aromatic carbocycles. The van der Waals surface area contributed by atoms with E-state index in [0.29, 0.717) is 5.56 Å². The number of benzene rings is 1. The number of aromatic nitrogens is 2. The first-order valence-corrected chi connectivity index (χ1v) is 6.72. The topological polar surface area (TPSA) is 78.0 Å². The molecule has 0 saturated heterocycles. The number of carbonyl (C=O) groups excluding carboxylic acids is 1. The zero-order valence-corrected chi connectivity index (χ0v) is 12.6. The molecule has 0 N–H and O–H groups in total. The maximum absolute atomic E-state index is 12.0. The van der Waals surface area contributed by atoms with Crippen LogP contribution in [0.25, 0.3) is 0 Å². The normalized spacial score (nSPS) is 10.4. The van der Waals surface area contributed by atoms with Crippen LogP contribution in [-0.4, -0.2) is 20.5 Å². The summed E-state index contributed by atoms with van der Waals surface area (Å²) in [6.07, 6.45) is 1.41. The predicted octanol–water partition coefficient (Wildman–Crippen LogP) is 3.20. The molecular formula is C11H7Br2N3O3. The molecule has 0 aliphatic heterocycles. The molecular weight excluding hydrogens is 382 g/mol. The average molecular weight is 389 g/mol. The van der Waals surface area contributed by atoms with Crippen molar-refractivity contribution in [2.24, 2.45) is 0 Å². The van der Waals surface area contributed by atoms with E-state index in [9.17, 15) is 14.9 Å². The van der Waals surface area contributed by atoms with Crippen molar-refractivity contribution < 1.29 is 9.72 Å². The monoisotopic (exact) mass is 387 g/mol. The molecule has 8 heteroatoms. The van der Waals surface area contributed by atoms with Gasteiger partial charge in [-0.3, -0.25) is 4.79 Å². The van der Waals surface area contributed by atoms with E-state index < -0.39 is 4.92 Å². The number of carbonyl (C=O) groups is 1. The second kappa shape index (κ2) is 5.62. The SMILES string of the molecule is O=C(Cn1cc(Br)c([N+](=O)[O-])n1)c1cccc(Br)c1. The van der Waals surface area contributed by atoms with Crippen molar-refractivity contribution in [3.63, 3.8) is 0 Å². The van der Waals surface area contributed by atoms with Crippen LogP contribution in [0.5, 0.6) is 0 Å². The van der Waals surface area contributed by atoms with Crippen LogP contribution in [0.3, 0.4) is 0 Å². The number of hydrogen-bond donors (Lipinski definition) is 0. The van der Waals surface area contributed by atoms with Gasteiger partial charge in [0.2, 0.25) is 0 Å². The number of halogens is 2. The van der Waals surface area contributed by atoms with Crippen molar-refractivity contribution in [3.8, 4) is 0 Å². The van der Waals surface area contributed by atoms with Crippen molar-refractivity contribution in [2.45, 2.75) is 6.54 Å². The van der Waals surface area contributed by atoms with E-state index in [-0.39, 0.29) is 22.6 Å². The first-order chi connectivity index (χ1) is 8.97. The summed E-state index contributed by atoms with van der Waals surface area (Å²) in [5, 5.41) is 14.4. The molecule has 0 radical (unpaired) electrons. The van der Waals surface area contributed by atoms with Gasteiger partial charge in [-0.15, -0.1) is 0 Å². The van der Waals surface area contributed by atoms with Crippen molar-refractivity contribution in [1.29, 1.82) is 0 Å². The molecule has 0 bridgehead atoms. The Morgan fingerprint density at radius 2 is 2.16 bits per heavy atom. The summed E-state index contributed by atoms with van der Waals surface area (Å²) in [4.78, 5) is 22.0. The summed E-state index contributed by atoms with van der Waals surface area (Å²) in [6, 6.07) is 6.93. The van der Waals surface area contributed by atoms with E-state index in [1.165, 1.54) is 10.9 Å². The molecule has 1 heterocycles. The Labute approximate surface area is 124 Å². The first-order valence-electron chi connectivity index (χ1n) is 5.13. The van der Waals surface area contributed by atoms with E-state index in [1.54, 1.807) is 18.2 Å². The average Bonchev–Trinajstić information content (AvgIpc) is 2.70. The van der Waals surface area contributed by atoms with Crippen LogP contribution < -0.4 is 0 Å². The Morgan fingerprint density at radius 3 is 2.74 bits per heavy atom. The van der Waals surface area contributed by atoms with E-state index >= 15 is 0 Å². The van der Waals surface area contributed by atoms with E-state index in [0.717, 1.165) is 4.47 Å². The fourth-order valence-electron chi connectivity index (χ4n) is 1.49. The van der Waals surface area contributed by atoms with Gasteiger partial charge in [-0.2, -0.15) is 4.68 Å². The Balaban J connectivity index is 2.20. The lowest BCUT2D eigenvalue weighted by Crippen LogP contribution is -2.11. The third kappa shape index (κ3) is 3.27. The molecule has 0 aliphatic rings. The fourth-order valence-corrected chi connectivity index (χ4v) is 2.35. The van der Waals surface area contributed by atoms with Gasteiger partial charge in [0.1, 0.15) is 11.0 Å². The fraction of sp³-hybridized carbons (Fsp3) is 0.0909. The van der Waals surface area contributed by atoms with Gasteiger partial charge in [0.05, 0.1) is 11.3 Å². The largest absolute Gasteiger partial charge is 0.404 e. The Bertz CT molecular complexity index is 654. The lowest BCUT2D eigenvalue weighted by molar-refractivity contribution is -0.390. The lowest BCUT2D eigenvalue weighted by Gasteiger charge is -1.99. The van der Waals surface area contributed by atoms with Crippen molar-refractivity contribution >= 4 is 43.5 Å². The van der Waals surface area contributed by atoms with Gasteiger partial charge >= 0.3 is 5.82 Å². The third-order valence-corrected chi connectivity index (χ3v) is 3.38. The van der Waals surface area contributed by atoms with Gasteiger partial charge in [-0.25, -0.2) is 0 Å². The van der Waals surface area contributed by atoms with Crippen LogP contribution >= 0.6 is 31.9 Å². The standard InChI is InChI=1S/C11H7Br2N3O3/c12-8-3-1-2-7(4-8)10(17)6-15-5-9(13)11(14-15)16(18)19/h1-5H,6H2. The van der Waals surface area contributed by atoms with Crippen LogP contribution in [0, 0.1) is 10.1 Å². The highest BCUT2D eigenvalue weighted by atomic mass is 79.9. The number of ketones is 1. The molecule has 6 nitrogen and oxygen atoms in total. The van der Waals surface area contributed by atoms with E-state index in [2.05, 4.69) is 37.0 Å². The molecule has 98 valence electrons. The van der Waals surface area contributed by atoms with Crippen LogP contribution in [0.15, 0.2) is 39.4 Å². The van der Waals surface area contributed by atoms with Crippen LogP contribution in [0.1, 0.15) is 10.4 Å². The maximum atomic E-state index is 12.0. The molecule has 1 aromatic heterocycles. The highest BCUT2D eigenvalue weighted by Gasteiger charge is 2.20. The number of nitro groups is 1. The Kier molecular flexibility index (Phi) is 4.11. The highest BCUT2D eigenvalue weighted by Crippen LogP contribution is 2.22. The minimum absolute atomic E-state index is 0.0527. The molecule has 0 amide bonds. The van der Waals surface area contributed by atoms with Gasteiger partial charge in [-0.05, 0) is 33.0 Å². The summed E-state index contributed by atoms with van der Waals surface area (Å²) in [5.74, 6) is -0.478. The summed E-state index contributed by atoms with van der Waals surface area (Å²) in [5.41, 5.74) is 0.517. The van der Waals surface area contributed by atoms with E-state index in [4.69, 9.17) is 0 Å². The lowest BCUT2D eigenvalue weighted by atomic mass is 10.1. The van der Waals surface area contributed by atoms with Crippen LogP contribution in [0.2, 0.25) is 0 Å². The molecule has 0 unspecified atom stereocenters. The van der Waals surface area contributed by atoms with Crippen molar-refractivity contribution in [3.05, 3.63) is 55.1 Å². The Hall–Kier alpha value is -1.54. The van der Waals surface area contributed by atoms with Crippen molar-refractivity contribution in [2.75, 3.05) is 0 Å². The molecule has 0 atom stereocenters. The van der Waals surface area contributed by atoms with Gasteiger partial charge in [0.15, 0.2) is 5.78 Å². The summed E-state index contributed by atoms with van der Waals surface area (Å²) in [7, 11) is 0. The second-order valence-corrected chi connectivity index (χ2v) is 5.46. The number of rotatable bonds is 4. The van der Waals surface area contributed by atoms with Crippen LogP contribution in [0.4, 0.5) is 5.82 Å².